The van der Waals surface area contributed by atoms with Crippen LogP contribution in [-0.2, 0) is 0 Å². The van der Waals surface area contributed by atoms with Crippen LogP contribution in [0.3, 0.4) is 0 Å². The molecule has 0 spiro atoms. The Labute approximate surface area is 171 Å². The number of hydrogen-bond donors (Lipinski definition) is 4. The van der Waals surface area contributed by atoms with Gasteiger partial charge in [0.05, 0.1) is 7.11 Å². The summed E-state index contributed by atoms with van der Waals surface area (Å²) in [5, 5.41) is 6.90. The number of benzene rings is 1. The Morgan fingerprint density at radius 3 is 2.39 bits per heavy atom. The third-order valence-corrected chi connectivity index (χ3v) is 4.89. The molecule has 0 aliphatic heterocycles. The highest BCUT2D eigenvalue weighted by molar-refractivity contribution is 5.49. The number of methoxy groups -OCH3 is 1. The molecular formula is C22H39N5O. The first-order valence-electron chi connectivity index (χ1n) is 10.2. The average Bonchev–Trinajstić information content (AvgIpc) is 2.75. The van der Waals surface area contributed by atoms with Gasteiger partial charge >= 0.3 is 0 Å². The monoisotopic (exact) mass is 389 g/mol. The van der Waals surface area contributed by atoms with Gasteiger partial charge in [0.1, 0.15) is 5.75 Å². The normalized spacial score (nSPS) is 13.4. The van der Waals surface area contributed by atoms with E-state index in [0.717, 1.165) is 62.7 Å². The molecule has 1 aliphatic carbocycles. The Balaban J connectivity index is 0.00000190. The third kappa shape index (κ3) is 7.82. The maximum absolute atomic E-state index is 6.10. The molecule has 0 amide bonds. The van der Waals surface area contributed by atoms with Gasteiger partial charge in [-0.05, 0) is 69.5 Å². The summed E-state index contributed by atoms with van der Waals surface area (Å²) in [5.41, 5.74) is 15.1. The van der Waals surface area contributed by atoms with Gasteiger partial charge in [0.25, 0.3) is 0 Å². The second-order valence-corrected chi connectivity index (χ2v) is 6.64. The number of nitrogens with zero attached hydrogens (tertiary/aromatic N) is 1. The van der Waals surface area contributed by atoms with Gasteiger partial charge in [-0.3, -0.25) is 0 Å². The molecule has 0 saturated carbocycles. The average molecular weight is 390 g/mol. The van der Waals surface area contributed by atoms with Crippen molar-refractivity contribution in [3.8, 4) is 5.75 Å². The van der Waals surface area contributed by atoms with Gasteiger partial charge < -0.3 is 31.7 Å². The summed E-state index contributed by atoms with van der Waals surface area (Å²) in [6, 6.07) is 8.23. The fourth-order valence-corrected chi connectivity index (χ4v) is 3.28. The van der Waals surface area contributed by atoms with E-state index in [4.69, 9.17) is 10.5 Å². The summed E-state index contributed by atoms with van der Waals surface area (Å²) in [7, 11) is 3.19. The molecule has 1 aliphatic rings. The van der Waals surface area contributed by atoms with Gasteiger partial charge in [-0.1, -0.05) is 6.58 Å². The maximum atomic E-state index is 6.10. The van der Waals surface area contributed by atoms with Gasteiger partial charge in [0.15, 0.2) is 0 Å². The van der Waals surface area contributed by atoms with Crippen LogP contribution < -0.4 is 31.7 Å². The summed E-state index contributed by atoms with van der Waals surface area (Å²) in [4.78, 5) is 2.35. The van der Waals surface area contributed by atoms with E-state index in [-0.39, 0.29) is 0 Å². The van der Waals surface area contributed by atoms with Crippen LogP contribution in [0.5, 0.6) is 5.75 Å². The van der Waals surface area contributed by atoms with E-state index in [1.54, 1.807) is 7.11 Å². The number of nitrogens with two attached hydrogens (primary N) is 2. The topological polar surface area (TPSA) is 88.6 Å². The van der Waals surface area contributed by atoms with Crippen LogP contribution in [-0.4, -0.2) is 46.9 Å². The van der Waals surface area contributed by atoms with E-state index in [2.05, 4.69) is 46.9 Å². The lowest BCUT2D eigenvalue weighted by Crippen LogP contribution is -2.35. The van der Waals surface area contributed by atoms with Gasteiger partial charge in [-0.15, -0.1) is 0 Å². The van der Waals surface area contributed by atoms with Crippen LogP contribution in [0.2, 0.25) is 0 Å². The molecule has 0 atom stereocenters. The Morgan fingerprint density at radius 2 is 1.79 bits per heavy atom. The molecule has 0 unspecified atom stereocenters. The first-order valence-corrected chi connectivity index (χ1v) is 10.2. The van der Waals surface area contributed by atoms with Crippen molar-refractivity contribution in [3.63, 3.8) is 0 Å². The third-order valence-electron chi connectivity index (χ3n) is 4.89. The second-order valence-electron chi connectivity index (χ2n) is 6.64. The Morgan fingerprint density at radius 1 is 1.11 bits per heavy atom. The van der Waals surface area contributed by atoms with Gasteiger partial charge in [0.2, 0.25) is 0 Å². The maximum Gasteiger partial charge on any atom is 0.119 e. The quantitative estimate of drug-likeness (QED) is 0.435. The molecule has 0 fully saturated rings. The smallest absolute Gasteiger partial charge is 0.119 e. The van der Waals surface area contributed by atoms with E-state index in [1.807, 2.05) is 12.1 Å². The fraction of sp³-hybridized carbons (Fsp3) is 0.545. The van der Waals surface area contributed by atoms with Crippen molar-refractivity contribution in [1.29, 1.82) is 0 Å². The number of ether oxygens (including phenoxy) is 1. The molecule has 0 heterocycles. The summed E-state index contributed by atoms with van der Waals surface area (Å²) >= 11 is 0. The second kappa shape index (κ2) is 13.9. The zero-order chi connectivity index (χ0) is 20.8. The molecular weight excluding hydrogens is 350 g/mol. The standard InChI is InChI=1S/C21H34N4O.CH5N/c1-4-25(18-9-11-19(26-3)12-10-18)16-15-23-13-14-24-17(2)20-7-5-6-8-21(20)22;1-2/h9-12,23-24H,2,4-8,13-16,22H2,1,3H3;2H2,1H3. The van der Waals surface area contributed by atoms with Crippen molar-refractivity contribution in [1.82, 2.24) is 10.6 Å². The van der Waals surface area contributed by atoms with Crippen LogP contribution in [0.4, 0.5) is 5.69 Å². The zero-order valence-electron chi connectivity index (χ0n) is 17.9. The predicted octanol–water partition coefficient (Wildman–Crippen LogP) is 2.58. The highest BCUT2D eigenvalue weighted by Gasteiger charge is 2.12. The number of likely N-dealkylation sites (N-methyl/N-ethyl adjacent to an activating group) is 1. The minimum absolute atomic E-state index is 0.865. The Hall–Kier alpha value is -2.18. The van der Waals surface area contributed by atoms with Crippen LogP contribution in [0.25, 0.3) is 0 Å². The van der Waals surface area contributed by atoms with Gasteiger partial charge in [-0.2, -0.15) is 0 Å². The highest BCUT2D eigenvalue weighted by Crippen LogP contribution is 2.24. The predicted molar refractivity (Wildman–Crippen MR) is 121 cm³/mol. The minimum atomic E-state index is 0.865. The first-order chi connectivity index (χ1) is 13.7. The van der Waals surface area contributed by atoms with Crippen molar-refractivity contribution >= 4 is 5.69 Å². The molecule has 6 N–H and O–H groups in total. The van der Waals surface area contributed by atoms with E-state index in [1.165, 1.54) is 31.1 Å². The summed E-state index contributed by atoms with van der Waals surface area (Å²) < 4.78 is 5.22. The lowest BCUT2D eigenvalue weighted by atomic mass is 9.95. The minimum Gasteiger partial charge on any atom is -0.497 e. The summed E-state index contributed by atoms with van der Waals surface area (Å²) in [6.45, 7) is 11.0. The van der Waals surface area contributed by atoms with E-state index < -0.39 is 0 Å². The van der Waals surface area contributed by atoms with Crippen LogP contribution >= 0.6 is 0 Å². The van der Waals surface area contributed by atoms with Crippen LogP contribution in [0, 0.1) is 0 Å². The lowest BCUT2D eigenvalue weighted by Gasteiger charge is -2.24. The number of allylic oxidation sites excluding steroid dienone is 2. The van der Waals surface area contributed by atoms with Crippen molar-refractivity contribution in [2.75, 3.05) is 51.8 Å². The number of rotatable bonds is 11. The fourth-order valence-electron chi connectivity index (χ4n) is 3.28. The Bertz CT molecular complexity index is 597. The highest BCUT2D eigenvalue weighted by atomic mass is 16.5. The summed E-state index contributed by atoms with van der Waals surface area (Å²) in [6.07, 6.45) is 4.48. The van der Waals surface area contributed by atoms with Crippen LogP contribution in [0.15, 0.2) is 47.8 Å². The number of anilines is 1. The molecule has 0 radical (unpaired) electrons. The molecule has 2 rings (SSSR count). The van der Waals surface area contributed by atoms with Gasteiger partial charge in [-0.25, -0.2) is 0 Å². The molecule has 0 saturated heterocycles. The Kier molecular flexibility index (Phi) is 11.9. The number of hydrogen-bond acceptors (Lipinski definition) is 6. The molecule has 28 heavy (non-hydrogen) atoms. The molecule has 0 bridgehead atoms. The van der Waals surface area contributed by atoms with E-state index >= 15 is 0 Å². The van der Waals surface area contributed by atoms with Crippen molar-refractivity contribution < 1.29 is 4.74 Å². The molecule has 6 nitrogen and oxygen atoms in total. The van der Waals surface area contributed by atoms with Crippen molar-refractivity contribution in [2.45, 2.75) is 32.6 Å². The molecule has 6 heteroatoms. The SMILES string of the molecule is C=C(NCCNCCN(CC)c1ccc(OC)cc1)C1=C(N)CCCC1.CN. The number of nitrogens with one attached hydrogen (secondary N) is 2. The zero-order valence-corrected chi connectivity index (χ0v) is 17.9. The van der Waals surface area contributed by atoms with E-state index in [0.29, 0.717) is 0 Å². The van der Waals surface area contributed by atoms with Crippen LogP contribution in [0.1, 0.15) is 32.6 Å². The molecule has 1 aromatic rings. The first kappa shape index (κ1) is 23.9. The van der Waals surface area contributed by atoms with Gasteiger partial charge in [0, 0.05) is 49.8 Å². The molecule has 1 aromatic carbocycles. The largest absolute Gasteiger partial charge is 0.497 e. The molecule has 158 valence electrons. The van der Waals surface area contributed by atoms with Crippen molar-refractivity contribution in [2.24, 2.45) is 11.5 Å². The molecule has 0 aromatic heterocycles. The van der Waals surface area contributed by atoms with E-state index in [9.17, 15) is 0 Å². The lowest BCUT2D eigenvalue weighted by molar-refractivity contribution is 0.415. The van der Waals surface area contributed by atoms with Crippen molar-refractivity contribution in [3.05, 3.63) is 47.8 Å². The summed E-state index contributed by atoms with van der Waals surface area (Å²) in [5.74, 6) is 0.892.